The average Bonchev–Trinajstić information content (AvgIpc) is 3.24. The van der Waals surface area contributed by atoms with Crippen LogP contribution in [0.4, 0.5) is 0 Å². The summed E-state index contributed by atoms with van der Waals surface area (Å²) in [7, 11) is 0. The Labute approximate surface area is 185 Å². The van der Waals surface area contributed by atoms with Gasteiger partial charge in [-0.1, -0.05) is 72.8 Å². The molecule has 5 aliphatic rings. The van der Waals surface area contributed by atoms with Crippen LogP contribution in [-0.4, -0.2) is 33.4 Å². The highest BCUT2D eigenvalue weighted by Gasteiger charge is 2.68. The molecule has 0 spiro atoms. The molecule has 2 saturated heterocycles. The van der Waals surface area contributed by atoms with Crippen molar-refractivity contribution < 1.29 is 19.2 Å². The summed E-state index contributed by atoms with van der Waals surface area (Å²) in [4.78, 5) is 56.1. The van der Waals surface area contributed by atoms with Crippen LogP contribution in [0, 0.1) is 35.5 Å². The number of hydrogen-bond donors (Lipinski definition) is 0. The molecule has 2 heterocycles. The standard InChI is InChI=1S/C26H22N2O4/c29-23-19-17-11-12-18(20(19)24(30)27(23)13-15-7-3-1-4-8-15)22-21(17)25(31)28(26(22)32)14-16-9-5-2-6-10-16/h1-12,17-22H,13-14H2/t17?,18?,19-,20+,21+,22-. The molecule has 32 heavy (non-hydrogen) atoms. The molecule has 1 saturated carbocycles. The molecule has 6 atom stereocenters. The summed E-state index contributed by atoms with van der Waals surface area (Å²) >= 11 is 0. The van der Waals surface area contributed by atoms with Gasteiger partial charge in [-0.25, -0.2) is 0 Å². The number of imide groups is 2. The van der Waals surface area contributed by atoms with Crippen LogP contribution in [-0.2, 0) is 32.3 Å². The van der Waals surface area contributed by atoms with Crippen molar-refractivity contribution in [3.05, 3.63) is 83.9 Å². The van der Waals surface area contributed by atoms with Crippen molar-refractivity contribution in [2.75, 3.05) is 0 Å². The fourth-order valence-electron chi connectivity index (χ4n) is 6.19. The fourth-order valence-corrected chi connectivity index (χ4v) is 6.19. The molecule has 2 bridgehead atoms. The minimum absolute atomic E-state index is 0.219. The van der Waals surface area contributed by atoms with Gasteiger partial charge >= 0.3 is 0 Å². The largest absolute Gasteiger partial charge is 0.278 e. The zero-order valence-electron chi connectivity index (χ0n) is 17.3. The third kappa shape index (κ3) is 2.58. The highest BCUT2D eigenvalue weighted by atomic mass is 16.2. The van der Waals surface area contributed by atoms with E-state index in [9.17, 15) is 19.2 Å². The van der Waals surface area contributed by atoms with Crippen LogP contribution >= 0.6 is 0 Å². The van der Waals surface area contributed by atoms with E-state index in [0.29, 0.717) is 0 Å². The van der Waals surface area contributed by atoms with Gasteiger partial charge in [-0.15, -0.1) is 0 Å². The topological polar surface area (TPSA) is 74.8 Å². The maximum absolute atomic E-state index is 13.4. The Morgan fingerprint density at radius 3 is 1.12 bits per heavy atom. The third-order valence-electron chi connectivity index (χ3n) is 7.56. The Bertz CT molecular complexity index is 1020. The van der Waals surface area contributed by atoms with Crippen molar-refractivity contribution in [3.63, 3.8) is 0 Å². The number of hydrogen-bond acceptors (Lipinski definition) is 4. The lowest BCUT2D eigenvalue weighted by Gasteiger charge is -2.44. The maximum atomic E-state index is 13.4. The lowest BCUT2D eigenvalue weighted by Crippen LogP contribution is -2.50. The number of nitrogens with zero attached hydrogens (tertiary/aromatic N) is 2. The predicted molar refractivity (Wildman–Crippen MR) is 114 cm³/mol. The molecule has 0 N–H and O–H groups in total. The summed E-state index contributed by atoms with van der Waals surface area (Å²) in [6.07, 6.45) is 3.81. The van der Waals surface area contributed by atoms with E-state index >= 15 is 0 Å². The van der Waals surface area contributed by atoms with Gasteiger partial charge in [-0.2, -0.15) is 0 Å². The molecule has 2 aliphatic heterocycles. The molecule has 0 aromatic heterocycles. The van der Waals surface area contributed by atoms with Gasteiger partial charge in [0.15, 0.2) is 0 Å². The van der Waals surface area contributed by atoms with Crippen LogP contribution in [0.25, 0.3) is 0 Å². The molecule has 2 aromatic rings. The van der Waals surface area contributed by atoms with Crippen LogP contribution in [0.1, 0.15) is 11.1 Å². The molecule has 160 valence electrons. The number of carbonyl (C=O) groups excluding carboxylic acids is 4. The van der Waals surface area contributed by atoms with Crippen molar-refractivity contribution in [1.29, 1.82) is 0 Å². The van der Waals surface area contributed by atoms with Gasteiger partial charge in [0.05, 0.1) is 36.8 Å². The normalized spacial score (nSPS) is 32.6. The first kappa shape index (κ1) is 19.2. The number of amides is 4. The second-order valence-corrected chi connectivity index (χ2v) is 9.14. The minimum Gasteiger partial charge on any atom is -0.278 e. The number of carbonyl (C=O) groups is 4. The van der Waals surface area contributed by atoms with Crippen LogP contribution in [0.2, 0.25) is 0 Å². The minimum atomic E-state index is -0.559. The lowest BCUT2D eigenvalue weighted by molar-refractivity contribution is -0.140. The second kappa shape index (κ2) is 6.99. The molecule has 4 amide bonds. The lowest BCUT2D eigenvalue weighted by atomic mass is 9.54. The van der Waals surface area contributed by atoms with E-state index in [1.54, 1.807) is 0 Å². The average molecular weight is 426 g/mol. The molecular weight excluding hydrogens is 404 g/mol. The van der Waals surface area contributed by atoms with Crippen LogP contribution in [0.15, 0.2) is 72.8 Å². The van der Waals surface area contributed by atoms with E-state index in [-0.39, 0.29) is 36.7 Å². The zero-order chi connectivity index (χ0) is 22.0. The van der Waals surface area contributed by atoms with Crippen molar-refractivity contribution in [1.82, 2.24) is 9.80 Å². The quantitative estimate of drug-likeness (QED) is 0.556. The second-order valence-electron chi connectivity index (χ2n) is 9.14. The Morgan fingerprint density at radius 2 is 0.812 bits per heavy atom. The van der Waals surface area contributed by atoms with Gasteiger partial charge in [0, 0.05) is 11.8 Å². The first-order valence-corrected chi connectivity index (χ1v) is 11.0. The number of benzene rings is 2. The van der Waals surface area contributed by atoms with E-state index in [4.69, 9.17) is 0 Å². The van der Waals surface area contributed by atoms with E-state index in [0.717, 1.165) is 11.1 Å². The van der Waals surface area contributed by atoms with Crippen molar-refractivity contribution in [2.24, 2.45) is 35.5 Å². The molecular formula is C26H22N2O4. The summed E-state index contributed by atoms with van der Waals surface area (Å²) in [5.41, 5.74) is 1.77. The molecule has 7 rings (SSSR count). The molecule has 3 fully saturated rings. The first-order chi connectivity index (χ1) is 15.6. The number of likely N-dealkylation sites (tertiary alicyclic amines) is 2. The van der Waals surface area contributed by atoms with Crippen LogP contribution in [0.3, 0.4) is 0 Å². The molecule has 3 aliphatic carbocycles. The van der Waals surface area contributed by atoms with E-state index in [2.05, 4.69) is 0 Å². The smallest absolute Gasteiger partial charge is 0.234 e. The Morgan fingerprint density at radius 1 is 0.500 bits per heavy atom. The Balaban J connectivity index is 1.31. The molecule has 0 radical (unpaired) electrons. The Hall–Kier alpha value is -3.54. The van der Waals surface area contributed by atoms with E-state index < -0.39 is 35.5 Å². The third-order valence-corrected chi connectivity index (χ3v) is 7.56. The summed E-state index contributed by atoms with van der Waals surface area (Å²) in [6, 6.07) is 18.8. The van der Waals surface area contributed by atoms with Gasteiger partial charge in [-0.3, -0.25) is 29.0 Å². The van der Waals surface area contributed by atoms with Gasteiger partial charge < -0.3 is 0 Å². The predicted octanol–water partition coefficient (Wildman–Crippen LogP) is 2.41. The zero-order valence-corrected chi connectivity index (χ0v) is 17.3. The highest BCUT2D eigenvalue weighted by Crippen LogP contribution is 2.58. The van der Waals surface area contributed by atoms with Crippen molar-refractivity contribution in [3.8, 4) is 0 Å². The monoisotopic (exact) mass is 426 g/mol. The summed E-state index contributed by atoms with van der Waals surface area (Å²) in [5, 5.41) is 0. The molecule has 2 unspecified atom stereocenters. The molecule has 2 aromatic carbocycles. The number of rotatable bonds is 4. The van der Waals surface area contributed by atoms with Gasteiger partial charge in [-0.05, 0) is 11.1 Å². The van der Waals surface area contributed by atoms with Gasteiger partial charge in [0.2, 0.25) is 23.6 Å². The van der Waals surface area contributed by atoms with E-state index in [1.165, 1.54) is 9.80 Å². The van der Waals surface area contributed by atoms with E-state index in [1.807, 2.05) is 72.8 Å². The van der Waals surface area contributed by atoms with Gasteiger partial charge in [0.1, 0.15) is 0 Å². The fraction of sp³-hybridized carbons (Fsp3) is 0.308. The summed E-state index contributed by atoms with van der Waals surface area (Å²) in [6.45, 7) is 0.449. The number of allylic oxidation sites excluding steroid dienone is 2. The SMILES string of the molecule is O=C1[C@@H]2C3C=CC([C@H]4C(=O)N(Cc5ccccc5)C(=O)[C@@H]34)[C@@H]2C(=O)N1Cc1ccccc1. The van der Waals surface area contributed by atoms with Crippen LogP contribution < -0.4 is 0 Å². The van der Waals surface area contributed by atoms with Crippen molar-refractivity contribution in [2.45, 2.75) is 13.1 Å². The highest BCUT2D eigenvalue weighted by molar-refractivity contribution is 6.10. The first-order valence-electron chi connectivity index (χ1n) is 11.0. The van der Waals surface area contributed by atoms with Crippen LogP contribution in [0.5, 0.6) is 0 Å². The summed E-state index contributed by atoms with van der Waals surface area (Å²) < 4.78 is 0. The summed E-state index contributed by atoms with van der Waals surface area (Å²) in [5.74, 6) is -3.94. The molecule has 6 nitrogen and oxygen atoms in total. The van der Waals surface area contributed by atoms with Gasteiger partial charge in [0.25, 0.3) is 0 Å². The Kier molecular flexibility index (Phi) is 4.18. The van der Waals surface area contributed by atoms with Crippen molar-refractivity contribution >= 4 is 23.6 Å². The molecule has 6 heteroatoms. The maximum Gasteiger partial charge on any atom is 0.234 e.